The molecule has 0 unspecified atom stereocenters. The molecule has 0 atom stereocenters. The zero-order valence-corrected chi connectivity index (χ0v) is 16.3. The van der Waals surface area contributed by atoms with Gasteiger partial charge in [-0.15, -0.1) is 0 Å². The van der Waals surface area contributed by atoms with Gasteiger partial charge in [0.2, 0.25) is 0 Å². The van der Waals surface area contributed by atoms with E-state index in [9.17, 15) is 9.59 Å². The number of benzene rings is 2. The number of amides is 1. The molecule has 0 aliphatic carbocycles. The summed E-state index contributed by atoms with van der Waals surface area (Å²) in [5, 5.41) is 7.10. The number of rotatable bonds is 7. The number of esters is 1. The van der Waals surface area contributed by atoms with Gasteiger partial charge in [0.15, 0.2) is 6.61 Å². The van der Waals surface area contributed by atoms with Crippen LogP contribution in [0.25, 0.3) is 5.69 Å². The molecule has 8 heteroatoms. The van der Waals surface area contributed by atoms with Crippen molar-refractivity contribution in [1.82, 2.24) is 9.78 Å². The van der Waals surface area contributed by atoms with E-state index in [0.717, 1.165) is 11.4 Å². The summed E-state index contributed by atoms with van der Waals surface area (Å²) >= 11 is 0. The molecule has 0 spiro atoms. The second-order valence-electron chi connectivity index (χ2n) is 6.11. The Morgan fingerprint density at radius 1 is 1.03 bits per heavy atom. The van der Waals surface area contributed by atoms with Crippen LogP contribution in [-0.4, -0.2) is 42.5 Å². The number of para-hydroxylation sites is 1. The lowest BCUT2D eigenvalue weighted by Crippen LogP contribution is -2.22. The third-order valence-electron chi connectivity index (χ3n) is 4.06. The fourth-order valence-electron chi connectivity index (χ4n) is 2.72. The average molecular weight is 395 g/mol. The standard InChI is InChI=1S/C21H21N3O5/c1-14-11-19(24(23-14)15-7-5-4-6-8-15)22-20(25)13-29-21(26)17-12-16(27-2)9-10-18(17)28-3/h4-12H,13H2,1-3H3,(H,22,25). The number of nitrogens with one attached hydrogen (secondary N) is 1. The molecule has 3 aromatic rings. The van der Waals surface area contributed by atoms with Crippen LogP contribution in [0.5, 0.6) is 11.5 Å². The average Bonchev–Trinajstić information content (AvgIpc) is 3.12. The Hall–Kier alpha value is -3.81. The Morgan fingerprint density at radius 2 is 1.79 bits per heavy atom. The molecule has 1 N–H and O–H groups in total. The van der Waals surface area contributed by atoms with E-state index >= 15 is 0 Å². The first-order valence-electron chi connectivity index (χ1n) is 8.83. The molecule has 8 nitrogen and oxygen atoms in total. The summed E-state index contributed by atoms with van der Waals surface area (Å²) in [5.41, 5.74) is 1.71. The van der Waals surface area contributed by atoms with Gasteiger partial charge in [-0.2, -0.15) is 5.10 Å². The molecule has 0 bridgehead atoms. The van der Waals surface area contributed by atoms with E-state index in [2.05, 4.69) is 10.4 Å². The second-order valence-corrected chi connectivity index (χ2v) is 6.11. The summed E-state index contributed by atoms with van der Waals surface area (Å²) in [4.78, 5) is 24.7. The summed E-state index contributed by atoms with van der Waals surface area (Å²) in [6, 6.07) is 15.9. The Morgan fingerprint density at radius 3 is 2.48 bits per heavy atom. The molecule has 1 amide bonds. The molecule has 3 rings (SSSR count). The van der Waals surface area contributed by atoms with Crippen LogP contribution in [0.4, 0.5) is 5.82 Å². The van der Waals surface area contributed by atoms with Crippen LogP contribution in [0.2, 0.25) is 0 Å². The largest absolute Gasteiger partial charge is 0.497 e. The van der Waals surface area contributed by atoms with Crippen LogP contribution in [0.1, 0.15) is 16.1 Å². The number of carbonyl (C=O) groups is 2. The molecule has 29 heavy (non-hydrogen) atoms. The van der Waals surface area contributed by atoms with E-state index in [0.29, 0.717) is 17.3 Å². The lowest BCUT2D eigenvalue weighted by molar-refractivity contribution is -0.119. The predicted octanol–water partition coefficient (Wildman–Crippen LogP) is 2.99. The maximum Gasteiger partial charge on any atom is 0.342 e. The highest BCUT2D eigenvalue weighted by atomic mass is 16.5. The second kappa shape index (κ2) is 8.92. The van der Waals surface area contributed by atoms with Crippen molar-refractivity contribution in [1.29, 1.82) is 0 Å². The topological polar surface area (TPSA) is 91.7 Å². The smallest absolute Gasteiger partial charge is 0.342 e. The molecule has 1 heterocycles. The molecular formula is C21H21N3O5. The summed E-state index contributed by atoms with van der Waals surface area (Å²) in [7, 11) is 2.93. The summed E-state index contributed by atoms with van der Waals surface area (Å²) in [6.45, 7) is 1.36. The van der Waals surface area contributed by atoms with Crippen LogP contribution in [0.3, 0.4) is 0 Å². The molecular weight excluding hydrogens is 374 g/mol. The van der Waals surface area contributed by atoms with Gasteiger partial charge in [0.05, 0.1) is 25.6 Å². The predicted molar refractivity (Wildman–Crippen MR) is 107 cm³/mol. The number of aryl methyl sites for hydroxylation is 1. The number of methoxy groups -OCH3 is 2. The van der Waals surface area contributed by atoms with E-state index < -0.39 is 18.5 Å². The van der Waals surface area contributed by atoms with Crippen molar-refractivity contribution in [3.05, 3.63) is 65.9 Å². The van der Waals surface area contributed by atoms with Crippen LogP contribution >= 0.6 is 0 Å². The van der Waals surface area contributed by atoms with E-state index in [1.807, 2.05) is 37.3 Å². The fourth-order valence-corrected chi connectivity index (χ4v) is 2.72. The van der Waals surface area contributed by atoms with Crippen molar-refractivity contribution >= 4 is 17.7 Å². The monoisotopic (exact) mass is 395 g/mol. The van der Waals surface area contributed by atoms with Gasteiger partial charge in [-0.3, -0.25) is 4.79 Å². The maximum absolute atomic E-state index is 12.4. The van der Waals surface area contributed by atoms with Crippen molar-refractivity contribution in [3.8, 4) is 17.2 Å². The van der Waals surface area contributed by atoms with Crippen molar-refractivity contribution in [2.75, 3.05) is 26.1 Å². The molecule has 0 fully saturated rings. The quantitative estimate of drug-likeness (QED) is 0.619. The highest BCUT2D eigenvalue weighted by molar-refractivity contribution is 5.96. The number of carbonyl (C=O) groups excluding carboxylic acids is 2. The SMILES string of the molecule is COc1ccc(OC)c(C(=O)OCC(=O)Nc2cc(C)nn2-c2ccccc2)c1. The van der Waals surface area contributed by atoms with Crippen molar-refractivity contribution in [2.45, 2.75) is 6.92 Å². The first-order chi connectivity index (χ1) is 14.0. The minimum absolute atomic E-state index is 0.171. The Labute approximate surface area is 168 Å². The number of aromatic nitrogens is 2. The van der Waals surface area contributed by atoms with Gasteiger partial charge in [0.25, 0.3) is 5.91 Å². The summed E-state index contributed by atoms with van der Waals surface area (Å²) in [6.07, 6.45) is 0. The molecule has 1 aromatic heterocycles. The van der Waals surface area contributed by atoms with E-state index in [-0.39, 0.29) is 5.56 Å². The lowest BCUT2D eigenvalue weighted by atomic mass is 10.2. The Kier molecular flexibility index (Phi) is 6.13. The van der Waals surface area contributed by atoms with Crippen LogP contribution in [-0.2, 0) is 9.53 Å². The minimum atomic E-state index is -0.691. The highest BCUT2D eigenvalue weighted by Gasteiger charge is 2.18. The zero-order valence-electron chi connectivity index (χ0n) is 16.3. The molecule has 0 aliphatic heterocycles. The van der Waals surface area contributed by atoms with Gasteiger partial charge in [0.1, 0.15) is 22.9 Å². The lowest BCUT2D eigenvalue weighted by Gasteiger charge is -2.11. The van der Waals surface area contributed by atoms with Gasteiger partial charge in [-0.05, 0) is 37.3 Å². The number of hydrogen-bond donors (Lipinski definition) is 1. The first kappa shape index (κ1) is 19.9. The normalized spacial score (nSPS) is 10.3. The van der Waals surface area contributed by atoms with E-state index in [1.165, 1.54) is 20.3 Å². The molecule has 0 saturated carbocycles. The van der Waals surface area contributed by atoms with Crippen LogP contribution in [0.15, 0.2) is 54.6 Å². The van der Waals surface area contributed by atoms with Crippen molar-refractivity contribution in [2.24, 2.45) is 0 Å². The fraction of sp³-hybridized carbons (Fsp3) is 0.190. The van der Waals surface area contributed by atoms with Gasteiger partial charge >= 0.3 is 5.97 Å². The number of ether oxygens (including phenoxy) is 3. The third kappa shape index (κ3) is 4.73. The molecule has 0 aliphatic rings. The zero-order chi connectivity index (χ0) is 20.8. The van der Waals surface area contributed by atoms with Crippen molar-refractivity contribution < 1.29 is 23.8 Å². The number of hydrogen-bond acceptors (Lipinski definition) is 6. The highest BCUT2D eigenvalue weighted by Crippen LogP contribution is 2.24. The number of anilines is 1. The molecule has 2 aromatic carbocycles. The Bertz CT molecular complexity index is 1010. The van der Waals surface area contributed by atoms with Gasteiger partial charge in [-0.25, -0.2) is 9.48 Å². The van der Waals surface area contributed by atoms with Gasteiger partial charge in [-0.1, -0.05) is 18.2 Å². The summed E-state index contributed by atoms with van der Waals surface area (Å²) in [5.74, 6) is 0.105. The van der Waals surface area contributed by atoms with Gasteiger partial charge < -0.3 is 19.5 Å². The van der Waals surface area contributed by atoms with E-state index in [4.69, 9.17) is 14.2 Å². The summed E-state index contributed by atoms with van der Waals surface area (Å²) < 4.78 is 17.0. The maximum atomic E-state index is 12.4. The van der Waals surface area contributed by atoms with Crippen LogP contribution in [0, 0.1) is 6.92 Å². The third-order valence-corrected chi connectivity index (χ3v) is 4.06. The van der Waals surface area contributed by atoms with Crippen molar-refractivity contribution in [3.63, 3.8) is 0 Å². The minimum Gasteiger partial charge on any atom is -0.497 e. The Balaban J connectivity index is 1.68. The molecule has 0 radical (unpaired) electrons. The molecule has 150 valence electrons. The van der Waals surface area contributed by atoms with Gasteiger partial charge in [0, 0.05) is 6.07 Å². The first-order valence-corrected chi connectivity index (χ1v) is 8.83. The number of nitrogens with zero attached hydrogens (tertiary/aromatic N) is 2. The molecule has 0 saturated heterocycles. The van der Waals surface area contributed by atoms with Crippen LogP contribution < -0.4 is 14.8 Å². The van der Waals surface area contributed by atoms with E-state index in [1.54, 1.807) is 22.9 Å².